The predicted octanol–water partition coefficient (Wildman–Crippen LogP) is 0.992. The summed E-state index contributed by atoms with van der Waals surface area (Å²) < 4.78 is 16.0. The Morgan fingerprint density at radius 2 is 1.91 bits per heavy atom. The number of halogens is 1. The first-order valence-corrected chi connectivity index (χ1v) is 11.5. The molecule has 0 saturated carbocycles. The number of hydrogen-bond acceptors (Lipinski definition) is 7. The van der Waals surface area contributed by atoms with E-state index in [1.807, 2.05) is 0 Å². The maximum atomic E-state index is 14.7. The number of H-pyrrole nitrogens is 1. The van der Waals surface area contributed by atoms with Crippen molar-refractivity contribution < 1.29 is 18.8 Å². The van der Waals surface area contributed by atoms with Crippen LogP contribution in [0.5, 0.6) is 0 Å². The number of likely N-dealkylation sites (tertiary alicyclic amines) is 1. The summed E-state index contributed by atoms with van der Waals surface area (Å²) in [6.07, 6.45) is 8.81. The SMILES string of the molecule is C=CN1CCCC(C(=O)N2CCN(C(=O)C(=O)c3c[nH]c4c(-n5ccnn5)ncc(F)c34)CC2)C1. The Morgan fingerprint density at radius 1 is 1.14 bits per heavy atom. The first kappa shape index (κ1) is 22.7. The quantitative estimate of drug-likeness (QED) is 0.427. The number of piperazine rings is 1. The number of aromatic nitrogens is 5. The van der Waals surface area contributed by atoms with Crippen LogP contribution in [0.1, 0.15) is 23.2 Å². The van der Waals surface area contributed by atoms with Crippen LogP contribution in [-0.2, 0) is 9.59 Å². The van der Waals surface area contributed by atoms with E-state index in [-0.39, 0.29) is 47.2 Å². The molecule has 2 aliphatic heterocycles. The van der Waals surface area contributed by atoms with Crippen LogP contribution in [0, 0.1) is 11.7 Å². The average Bonchev–Trinajstić information content (AvgIpc) is 3.59. The molecule has 11 nitrogen and oxygen atoms in total. The molecule has 2 aliphatic rings. The van der Waals surface area contributed by atoms with Gasteiger partial charge in [0.05, 0.1) is 41.0 Å². The van der Waals surface area contributed by atoms with Crippen LogP contribution in [-0.4, -0.2) is 96.5 Å². The van der Waals surface area contributed by atoms with Crippen LogP contribution in [0.4, 0.5) is 4.39 Å². The zero-order valence-electron chi connectivity index (χ0n) is 19.1. The van der Waals surface area contributed by atoms with Gasteiger partial charge in [0.1, 0.15) is 0 Å². The number of carbonyl (C=O) groups is 3. The Balaban J connectivity index is 1.28. The molecule has 2 amide bonds. The number of piperidine rings is 1. The molecule has 0 aromatic carbocycles. The van der Waals surface area contributed by atoms with Crippen molar-refractivity contribution in [2.75, 3.05) is 39.3 Å². The fourth-order valence-corrected chi connectivity index (χ4v) is 4.79. The van der Waals surface area contributed by atoms with Crippen molar-refractivity contribution in [2.45, 2.75) is 12.8 Å². The predicted molar refractivity (Wildman–Crippen MR) is 123 cm³/mol. The van der Waals surface area contributed by atoms with E-state index in [9.17, 15) is 18.8 Å². The minimum Gasteiger partial charge on any atom is -0.377 e. The molecule has 35 heavy (non-hydrogen) atoms. The third-order valence-corrected chi connectivity index (χ3v) is 6.66. The van der Waals surface area contributed by atoms with Gasteiger partial charge in [0.2, 0.25) is 5.91 Å². The summed E-state index contributed by atoms with van der Waals surface area (Å²) in [5, 5.41) is 7.55. The first-order valence-electron chi connectivity index (χ1n) is 11.5. The normalized spacial score (nSPS) is 18.7. The van der Waals surface area contributed by atoms with E-state index in [0.717, 1.165) is 25.6 Å². The van der Waals surface area contributed by atoms with Crippen LogP contribution < -0.4 is 0 Å². The number of aromatic amines is 1. The smallest absolute Gasteiger partial charge is 0.295 e. The highest BCUT2D eigenvalue weighted by Gasteiger charge is 2.34. The van der Waals surface area contributed by atoms with Gasteiger partial charge in [0.25, 0.3) is 11.7 Å². The van der Waals surface area contributed by atoms with E-state index in [1.165, 1.54) is 28.2 Å². The molecule has 3 aromatic rings. The molecule has 0 aliphatic carbocycles. The summed E-state index contributed by atoms with van der Waals surface area (Å²) in [6.45, 7) is 6.53. The molecule has 182 valence electrons. The number of rotatable bonds is 5. The molecular weight excluding hydrogens is 455 g/mol. The van der Waals surface area contributed by atoms with Crippen LogP contribution in [0.2, 0.25) is 0 Å². The zero-order chi connectivity index (χ0) is 24.5. The monoisotopic (exact) mass is 480 g/mol. The number of nitrogens with one attached hydrogen (secondary N) is 1. The van der Waals surface area contributed by atoms with Crippen LogP contribution in [0.15, 0.2) is 37.6 Å². The van der Waals surface area contributed by atoms with E-state index in [2.05, 4.69) is 31.8 Å². The Kier molecular flexibility index (Phi) is 6.01. The number of pyridine rings is 1. The molecule has 2 saturated heterocycles. The van der Waals surface area contributed by atoms with Crippen LogP contribution in [0.25, 0.3) is 16.7 Å². The summed E-state index contributed by atoms with van der Waals surface area (Å²) in [4.78, 5) is 51.1. The lowest BCUT2D eigenvalue weighted by atomic mass is 9.96. The lowest BCUT2D eigenvalue weighted by molar-refractivity contribution is -0.141. The van der Waals surface area contributed by atoms with Crippen molar-refractivity contribution in [3.63, 3.8) is 0 Å². The highest BCUT2D eigenvalue weighted by molar-refractivity contribution is 6.45. The van der Waals surface area contributed by atoms with E-state index < -0.39 is 17.5 Å². The Bertz CT molecular complexity index is 1280. The maximum absolute atomic E-state index is 14.7. The second kappa shape index (κ2) is 9.28. The molecule has 0 spiro atoms. The number of ketones is 1. The van der Waals surface area contributed by atoms with Gasteiger partial charge in [-0.2, -0.15) is 0 Å². The second-order valence-corrected chi connectivity index (χ2v) is 8.69. The highest BCUT2D eigenvalue weighted by Crippen LogP contribution is 2.26. The molecular formula is C23H25FN8O3. The van der Waals surface area contributed by atoms with Crippen LogP contribution >= 0.6 is 0 Å². The van der Waals surface area contributed by atoms with Crippen molar-refractivity contribution in [2.24, 2.45) is 5.92 Å². The largest absolute Gasteiger partial charge is 0.377 e. The second-order valence-electron chi connectivity index (χ2n) is 8.69. The van der Waals surface area contributed by atoms with Crippen LogP contribution in [0.3, 0.4) is 0 Å². The number of fused-ring (bicyclic) bond motifs is 1. The molecule has 2 fully saturated rings. The topological polar surface area (TPSA) is 120 Å². The molecule has 0 bridgehead atoms. The molecule has 1 N–H and O–H groups in total. The third-order valence-electron chi connectivity index (χ3n) is 6.66. The van der Waals surface area contributed by atoms with Gasteiger partial charge in [-0.15, -0.1) is 5.10 Å². The van der Waals surface area contributed by atoms with Gasteiger partial charge in [-0.1, -0.05) is 11.8 Å². The van der Waals surface area contributed by atoms with E-state index in [0.29, 0.717) is 19.6 Å². The molecule has 3 aromatic heterocycles. The number of Topliss-reactive ketones (excluding diaryl/α,β-unsaturated/α-hetero) is 1. The highest BCUT2D eigenvalue weighted by atomic mass is 19.1. The van der Waals surface area contributed by atoms with Crippen molar-refractivity contribution in [1.82, 2.24) is 39.7 Å². The summed E-state index contributed by atoms with van der Waals surface area (Å²) in [5.41, 5.74) is 0.166. The Morgan fingerprint density at radius 3 is 2.63 bits per heavy atom. The van der Waals surface area contributed by atoms with Crippen molar-refractivity contribution in [3.8, 4) is 5.82 Å². The fourth-order valence-electron chi connectivity index (χ4n) is 4.79. The fraction of sp³-hybridized carbons (Fsp3) is 0.391. The van der Waals surface area contributed by atoms with Gasteiger partial charge in [-0.3, -0.25) is 14.4 Å². The van der Waals surface area contributed by atoms with E-state index >= 15 is 0 Å². The zero-order valence-corrected chi connectivity index (χ0v) is 19.1. The lowest BCUT2D eigenvalue weighted by Crippen LogP contribution is -2.54. The molecule has 12 heteroatoms. The van der Waals surface area contributed by atoms with E-state index in [1.54, 1.807) is 11.1 Å². The average molecular weight is 481 g/mol. The Labute approximate surface area is 200 Å². The number of amides is 2. The third kappa shape index (κ3) is 4.15. The van der Waals surface area contributed by atoms with Gasteiger partial charge in [-0.25, -0.2) is 14.1 Å². The molecule has 5 rings (SSSR count). The van der Waals surface area contributed by atoms with Crippen molar-refractivity contribution in [3.05, 3.63) is 48.9 Å². The molecule has 0 radical (unpaired) electrons. The van der Waals surface area contributed by atoms with Gasteiger partial charge in [0, 0.05) is 45.5 Å². The summed E-state index contributed by atoms with van der Waals surface area (Å²) in [7, 11) is 0. The lowest BCUT2D eigenvalue weighted by Gasteiger charge is -2.38. The van der Waals surface area contributed by atoms with Gasteiger partial charge in [0.15, 0.2) is 11.6 Å². The molecule has 1 atom stereocenters. The summed E-state index contributed by atoms with van der Waals surface area (Å²) >= 11 is 0. The number of hydrogen-bond donors (Lipinski definition) is 1. The number of nitrogens with zero attached hydrogens (tertiary/aromatic N) is 7. The molecule has 5 heterocycles. The standard InChI is InChI=1S/C23H25FN8O3/c1-2-29-6-3-4-15(14-29)22(34)30-8-10-31(11-9-30)23(35)20(33)16-12-25-19-18(16)17(24)13-26-21(19)32-7-5-27-28-32/h2,5,7,12-13,15,25H,1,3-4,6,8-11,14H2. The summed E-state index contributed by atoms with van der Waals surface area (Å²) in [6, 6.07) is 0. The Hall–Kier alpha value is -4.09. The van der Waals surface area contributed by atoms with E-state index in [4.69, 9.17) is 0 Å². The van der Waals surface area contributed by atoms with Gasteiger partial charge >= 0.3 is 0 Å². The minimum absolute atomic E-state index is 0.0262. The minimum atomic E-state index is -0.820. The summed E-state index contributed by atoms with van der Waals surface area (Å²) in [5.74, 6) is -2.03. The molecule has 1 unspecified atom stereocenters. The first-order chi connectivity index (χ1) is 17.0. The van der Waals surface area contributed by atoms with Crippen molar-refractivity contribution >= 4 is 28.5 Å². The maximum Gasteiger partial charge on any atom is 0.295 e. The van der Waals surface area contributed by atoms with Crippen molar-refractivity contribution in [1.29, 1.82) is 0 Å². The van der Waals surface area contributed by atoms with Gasteiger partial charge < -0.3 is 19.7 Å². The number of carbonyl (C=O) groups excluding carboxylic acids is 3. The van der Waals surface area contributed by atoms with Gasteiger partial charge in [-0.05, 0) is 19.0 Å².